The quantitative estimate of drug-likeness (QED) is 0.584. The normalized spacial score (nSPS) is 32.1. The molecule has 0 heterocycles. The molecule has 18 heavy (non-hydrogen) atoms. The molecule has 0 radical (unpaired) electrons. The molecule has 0 aromatic heterocycles. The van der Waals surface area contributed by atoms with Gasteiger partial charge in [-0.25, -0.2) is 0 Å². The van der Waals surface area contributed by atoms with E-state index >= 15 is 0 Å². The monoisotopic (exact) mass is 269 g/mol. The van der Waals surface area contributed by atoms with Gasteiger partial charge in [-0.1, -0.05) is 0 Å². The maximum Gasteiger partial charge on any atom is 0.211 e. The Morgan fingerprint density at radius 2 is 2.22 bits per heavy atom. The van der Waals surface area contributed by atoms with Gasteiger partial charge < -0.3 is 15.6 Å². The topological polar surface area (TPSA) is 97.3 Å². The average Bonchev–Trinajstić information content (AvgIpc) is 2.59. The fourth-order valence-corrected chi connectivity index (χ4v) is 2.68. The number of methoxy groups -OCH3 is 1. The summed E-state index contributed by atoms with van der Waals surface area (Å²) in [5.41, 5.74) is 5.18. The molecule has 3 unspecified atom stereocenters. The van der Waals surface area contributed by atoms with Gasteiger partial charge in [0, 0.05) is 18.9 Å². The van der Waals surface area contributed by atoms with Gasteiger partial charge in [-0.15, -0.1) is 10.2 Å². The Bertz CT molecular complexity index is 447. The van der Waals surface area contributed by atoms with E-state index in [9.17, 15) is 9.90 Å². The number of aliphatic hydroxyl groups excluding tert-OH is 1. The summed E-state index contributed by atoms with van der Waals surface area (Å²) in [4.78, 5) is 12.1. The van der Waals surface area contributed by atoms with Crippen molar-refractivity contribution >= 4 is 23.1 Å². The molecule has 0 aliphatic heterocycles. The Morgan fingerprint density at radius 3 is 2.83 bits per heavy atom. The van der Waals surface area contributed by atoms with Crippen molar-refractivity contribution < 1.29 is 14.6 Å². The first-order valence-electron chi connectivity index (χ1n) is 5.76. The van der Waals surface area contributed by atoms with E-state index in [2.05, 4.69) is 22.4 Å². The molecule has 0 saturated heterocycles. The van der Waals surface area contributed by atoms with Gasteiger partial charge >= 0.3 is 0 Å². The van der Waals surface area contributed by atoms with Crippen molar-refractivity contribution in [1.82, 2.24) is 0 Å². The van der Waals surface area contributed by atoms with Crippen LogP contribution in [0.4, 0.5) is 0 Å². The van der Waals surface area contributed by atoms with Crippen LogP contribution >= 0.6 is 12.2 Å². The van der Waals surface area contributed by atoms with E-state index in [1.807, 2.05) is 0 Å². The second kappa shape index (κ2) is 5.11. The predicted octanol–water partition coefficient (Wildman–Crippen LogP) is 1.47. The summed E-state index contributed by atoms with van der Waals surface area (Å²) in [6, 6.07) is 0. The summed E-state index contributed by atoms with van der Waals surface area (Å²) >= 11 is 4.55. The lowest BCUT2D eigenvalue weighted by molar-refractivity contribution is -0.121. The fraction of sp³-hybridized carbons (Fsp3) is 0.636. The molecular weight excluding hydrogens is 254 g/mol. The number of allylic oxidation sites excluding steroid dienone is 2. The number of azo groups is 1. The van der Waals surface area contributed by atoms with Crippen molar-refractivity contribution in [2.24, 2.45) is 27.8 Å². The SMILES string of the molecule is COC1CCC2C(=O)C(N=NC(N)=S)=C(O)C2C1. The van der Waals surface area contributed by atoms with Gasteiger partial charge in [-0.3, -0.25) is 4.79 Å². The minimum Gasteiger partial charge on any atom is -0.510 e. The highest BCUT2D eigenvalue weighted by Crippen LogP contribution is 2.43. The minimum atomic E-state index is -0.212. The number of ether oxygens (including phenoxy) is 1. The van der Waals surface area contributed by atoms with Crippen molar-refractivity contribution in [2.75, 3.05) is 7.11 Å². The molecule has 7 heteroatoms. The van der Waals surface area contributed by atoms with Gasteiger partial charge in [-0.05, 0) is 31.5 Å². The van der Waals surface area contributed by atoms with Gasteiger partial charge in [0.15, 0.2) is 11.5 Å². The van der Waals surface area contributed by atoms with Crippen LogP contribution in [-0.2, 0) is 9.53 Å². The lowest BCUT2D eigenvalue weighted by atomic mass is 9.79. The maximum atomic E-state index is 12.1. The molecule has 0 aromatic rings. The van der Waals surface area contributed by atoms with Crippen LogP contribution in [-0.4, -0.2) is 29.2 Å². The second-order valence-electron chi connectivity index (χ2n) is 4.52. The van der Waals surface area contributed by atoms with Crippen LogP contribution in [0.5, 0.6) is 0 Å². The molecule has 3 atom stereocenters. The van der Waals surface area contributed by atoms with E-state index < -0.39 is 0 Å². The van der Waals surface area contributed by atoms with E-state index in [4.69, 9.17) is 10.5 Å². The highest BCUT2D eigenvalue weighted by atomic mass is 32.1. The molecule has 0 spiro atoms. The number of thiocarbonyl (C=S) groups is 1. The number of carbonyl (C=O) groups is 1. The van der Waals surface area contributed by atoms with Crippen molar-refractivity contribution in [1.29, 1.82) is 0 Å². The Hall–Kier alpha value is -1.34. The van der Waals surface area contributed by atoms with E-state index in [0.717, 1.165) is 6.42 Å². The Balaban J connectivity index is 2.23. The summed E-state index contributed by atoms with van der Waals surface area (Å²) in [5.74, 6) is -0.605. The molecule has 0 bridgehead atoms. The lowest BCUT2D eigenvalue weighted by Gasteiger charge is -2.29. The highest BCUT2D eigenvalue weighted by Gasteiger charge is 2.46. The van der Waals surface area contributed by atoms with E-state index in [-0.39, 0.29) is 40.3 Å². The number of fused-ring (bicyclic) bond motifs is 1. The minimum absolute atomic E-state index is 0.00504. The molecule has 0 amide bonds. The summed E-state index contributed by atoms with van der Waals surface area (Å²) < 4.78 is 5.28. The summed E-state index contributed by atoms with van der Waals surface area (Å²) in [7, 11) is 1.63. The number of hydrogen-bond acceptors (Lipinski definition) is 5. The number of Topliss-reactive ketones (excluding diaryl/α,β-unsaturated/α-hetero) is 1. The first-order chi connectivity index (χ1) is 8.54. The number of carbonyl (C=O) groups excluding carboxylic acids is 1. The van der Waals surface area contributed by atoms with Gasteiger partial charge in [0.2, 0.25) is 5.11 Å². The van der Waals surface area contributed by atoms with Gasteiger partial charge in [0.25, 0.3) is 0 Å². The van der Waals surface area contributed by atoms with E-state index in [1.54, 1.807) is 7.11 Å². The van der Waals surface area contributed by atoms with Gasteiger partial charge in [-0.2, -0.15) is 0 Å². The molecule has 98 valence electrons. The third-order valence-corrected chi connectivity index (χ3v) is 3.63. The first kappa shape index (κ1) is 13.1. The van der Waals surface area contributed by atoms with Crippen LogP contribution in [0, 0.1) is 11.8 Å². The van der Waals surface area contributed by atoms with Crippen molar-refractivity contribution in [2.45, 2.75) is 25.4 Å². The Kier molecular flexibility index (Phi) is 3.72. The standard InChI is InChI=1S/C11H15N3O3S/c1-17-5-2-3-6-7(4-5)10(16)8(9(6)15)13-14-11(12)18/h5-7,16H,2-4H2,1H3,(H2,12,18). The van der Waals surface area contributed by atoms with Crippen LogP contribution in [0.15, 0.2) is 21.7 Å². The number of rotatable bonds is 2. The van der Waals surface area contributed by atoms with Crippen LogP contribution in [0.1, 0.15) is 19.3 Å². The van der Waals surface area contributed by atoms with E-state index in [1.165, 1.54) is 0 Å². The molecule has 1 saturated carbocycles. The van der Waals surface area contributed by atoms with Gasteiger partial charge in [0.1, 0.15) is 5.76 Å². The van der Waals surface area contributed by atoms with Crippen LogP contribution < -0.4 is 5.73 Å². The highest BCUT2D eigenvalue weighted by molar-refractivity contribution is 7.80. The lowest BCUT2D eigenvalue weighted by Crippen LogP contribution is -2.30. The smallest absolute Gasteiger partial charge is 0.211 e. The van der Waals surface area contributed by atoms with Crippen molar-refractivity contribution in [3.8, 4) is 0 Å². The molecule has 3 N–H and O–H groups in total. The largest absolute Gasteiger partial charge is 0.510 e. The zero-order valence-electron chi connectivity index (χ0n) is 10.00. The molecule has 0 aromatic carbocycles. The van der Waals surface area contributed by atoms with Crippen molar-refractivity contribution in [3.63, 3.8) is 0 Å². The molecule has 2 aliphatic carbocycles. The number of nitrogens with two attached hydrogens (primary N) is 1. The number of aliphatic hydroxyl groups is 1. The number of nitrogens with zero attached hydrogens (tertiary/aromatic N) is 2. The Morgan fingerprint density at radius 1 is 1.50 bits per heavy atom. The van der Waals surface area contributed by atoms with Crippen LogP contribution in [0.2, 0.25) is 0 Å². The summed E-state index contributed by atoms with van der Waals surface area (Å²) in [6.07, 6.45) is 2.22. The average molecular weight is 269 g/mol. The third-order valence-electron chi connectivity index (χ3n) is 3.55. The van der Waals surface area contributed by atoms with Gasteiger partial charge in [0.05, 0.1) is 6.10 Å². The van der Waals surface area contributed by atoms with E-state index in [0.29, 0.717) is 12.8 Å². The molecule has 2 rings (SSSR count). The zero-order valence-corrected chi connectivity index (χ0v) is 10.8. The molecule has 6 nitrogen and oxygen atoms in total. The third kappa shape index (κ3) is 2.28. The molecule has 2 aliphatic rings. The molecular formula is C11H15N3O3S. The number of hydrogen-bond donors (Lipinski definition) is 2. The first-order valence-corrected chi connectivity index (χ1v) is 6.16. The summed E-state index contributed by atoms with van der Waals surface area (Å²) in [5, 5.41) is 17.0. The molecule has 1 fully saturated rings. The number of ketones is 1. The van der Waals surface area contributed by atoms with Crippen molar-refractivity contribution in [3.05, 3.63) is 11.5 Å². The second-order valence-corrected chi connectivity index (χ2v) is 4.94. The maximum absolute atomic E-state index is 12.1. The van der Waals surface area contributed by atoms with Crippen LogP contribution in [0.25, 0.3) is 0 Å². The Labute approximate surface area is 110 Å². The predicted molar refractivity (Wildman–Crippen MR) is 67.9 cm³/mol. The summed E-state index contributed by atoms with van der Waals surface area (Å²) in [6.45, 7) is 0. The zero-order chi connectivity index (χ0) is 13.3. The fourth-order valence-electron chi connectivity index (χ4n) is 2.64. The van der Waals surface area contributed by atoms with Crippen LogP contribution in [0.3, 0.4) is 0 Å².